The Hall–Kier alpha value is -3.41. The number of hydrogen-bond acceptors (Lipinski definition) is 3. The van der Waals surface area contributed by atoms with Crippen LogP contribution in [0.3, 0.4) is 0 Å². The average Bonchev–Trinajstić information content (AvgIpc) is 3.15. The SMILES string of the molecule is O=C([O-])C(=O)O.c1ccc(CCn2cc[n+](CCc3ccccc3)c2)cc1. The quantitative estimate of drug-likeness (QED) is 0.522. The molecule has 140 valence electrons. The van der Waals surface area contributed by atoms with Crippen LogP contribution in [0.15, 0.2) is 79.4 Å². The molecule has 3 aromatic rings. The number of hydrogen-bond donors (Lipinski definition) is 1. The van der Waals surface area contributed by atoms with Gasteiger partial charge in [-0.25, -0.2) is 13.9 Å². The van der Waals surface area contributed by atoms with Crippen molar-refractivity contribution in [1.29, 1.82) is 0 Å². The Kier molecular flexibility index (Phi) is 7.78. The second-order valence-electron chi connectivity index (χ2n) is 5.95. The minimum Gasteiger partial charge on any atom is -0.539 e. The van der Waals surface area contributed by atoms with Gasteiger partial charge in [-0.3, -0.25) is 0 Å². The van der Waals surface area contributed by atoms with Gasteiger partial charge in [0.1, 0.15) is 12.4 Å². The third-order valence-electron chi connectivity index (χ3n) is 3.92. The molecular formula is C21H22N2O4. The van der Waals surface area contributed by atoms with Gasteiger partial charge in [-0.15, -0.1) is 0 Å². The van der Waals surface area contributed by atoms with E-state index in [2.05, 4.69) is 88.5 Å². The first kappa shape index (κ1) is 19.9. The molecule has 0 radical (unpaired) electrons. The van der Waals surface area contributed by atoms with Gasteiger partial charge in [0.15, 0.2) is 5.97 Å². The maximum atomic E-state index is 9.04. The van der Waals surface area contributed by atoms with Gasteiger partial charge in [0.2, 0.25) is 6.33 Å². The molecule has 6 nitrogen and oxygen atoms in total. The lowest BCUT2D eigenvalue weighted by Gasteiger charge is -1.99. The van der Waals surface area contributed by atoms with E-state index >= 15 is 0 Å². The first-order chi connectivity index (χ1) is 13.0. The molecular weight excluding hydrogens is 344 g/mol. The number of carboxylic acid groups (broad SMARTS) is 2. The minimum absolute atomic E-state index is 1.03. The van der Waals surface area contributed by atoms with E-state index in [9.17, 15) is 0 Å². The van der Waals surface area contributed by atoms with E-state index in [1.54, 1.807) is 0 Å². The number of aromatic nitrogens is 2. The molecule has 0 spiro atoms. The standard InChI is InChI=1S/C19H21N2.C2H2O4/c1-3-7-18(8-4-1)11-13-20-15-16-21(17-20)14-12-19-9-5-2-6-10-19;3-1(4)2(5)6/h1-10,15-17H,11-14H2;(H,3,4)(H,5,6)/q+1;/p-1. The summed E-state index contributed by atoms with van der Waals surface area (Å²) in [5.74, 6) is -4.01. The zero-order valence-electron chi connectivity index (χ0n) is 14.9. The smallest absolute Gasteiger partial charge is 0.351 e. The van der Waals surface area contributed by atoms with E-state index in [1.807, 2.05) is 0 Å². The first-order valence-electron chi connectivity index (χ1n) is 8.61. The molecule has 0 aliphatic heterocycles. The van der Waals surface area contributed by atoms with Crippen molar-refractivity contribution in [3.63, 3.8) is 0 Å². The van der Waals surface area contributed by atoms with Crippen molar-refractivity contribution < 1.29 is 24.4 Å². The molecule has 0 saturated heterocycles. The van der Waals surface area contributed by atoms with Crippen molar-refractivity contribution in [3.05, 3.63) is 90.5 Å². The maximum absolute atomic E-state index is 9.04. The van der Waals surface area contributed by atoms with E-state index in [1.165, 1.54) is 11.1 Å². The number of rotatable bonds is 6. The van der Waals surface area contributed by atoms with E-state index in [4.69, 9.17) is 19.8 Å². The van der Waals surface area contributed by atoms with Crippen LogP contribution in [0.2, 0.25) is 0 Å². The molecule has 0 unspecified atom stereocenters. The van der Waals surface area contributed by atoms with Crippen LogP contribution in [0, 0.1) is 0 Å². The van der Waals surface area contributed by atoms with Crippen molar-refractivity contribution in [3.8, 4) is 0 Å². The minimum atomic E-state index is -2.07. The number of carbonyl (C=O) groups excluding carboxylic acids is 1. The van der Waals surface area contributed by atoms with Gasteiger partial charge in [0.05, 0.1) is 13.1 Å². The third-order valence-corrected chi connectivity index (χ3v) is 3.92. The highest BCUT2D eigenvalue weighted by atomic mass is 16.4. The summed E-state index contributed by atoms with van der Waals surface area (Å²) in [5, 5.41) is 16.3. The molecule has 2 aromatic carbocycles. The zero-order valence-corrected chi connectivity index (χ0v) is 14.9. The Morgan fingerprint density at radius 2 is 1.44 bits per heavy atom. The highest BCUT2D eigenvalue weighted by Crippen LogP contribution is 2.02. The predicted octanol–water partition coefficient (Wildman–Crippen LogP) is 1.08. The van der Waals surface area contributed by atoms with Gasteiger partial charge >= 0.3 is 5.97 Å². The van der Waals surface area contributed by atoms with Crippen LogP contribution >= 0.6 is 0 Å². The third kappa shape index (κ3) is 7.56. The van der Waals surface area contributed by atoms with E-state index in [0.717, 1.165) is 25.9 Å². The van der Waals surface area contributed by atoms with Crippen molar-refractivity contribution in [2.45, 2.75) is 25.9 Å². The molecule has 0 aliphatic carbocycles. The summed E-state index contributed by atoms with van der Waals surface area (Å²) in [7, 11) is 0. The van der Waals surface area contributed by atoms with E-state index in [0.29, 0.717) is 0 Å². The average molecular weight is 366 g/mol. The number of carbonyl (C=O) groups is 2. The van der Waals surface area contributed by atoms with E-state index in [-0.39, 0.29) is 0 Å². The van der Waals surface area contributed by atoms with Crippen LogP contribution in [0.25, 0.3) is 0 Å². The molecule has 0 aliphatic rings. The summed E-state index contributed by atoms with van der Waals surface area (Å²) in [6.45, 7) is 2.06. The van der Waals surface area contributed by atoms with Gasteiger partial charge < -0.3 is 15.0 Å². The van der Waals surface area contributed by atoms with Crippen LogP contribution in [0.5, 0.6) is 0 Å². The second kappa shape index (κ2) is 10.6. The first-order valence-corrected chi connectivity index (χ1v) is 8.61. The summed E-state index contributed by atoms with van der Waals surface area (Å²) in [4.78, 5) is 18.0. The predicted molar refractivity (Wildman–Crippen MR) is 97.6 cm³/mol. The van der Waals surface area contributed by atoms with Gasteiger partial charge in [-0.05, 0) is 11.1 Å². The number of aliphatic carboxylic acids is 2. The van der Waals surface area contributed by atoms with Crippen LogP contribution < -0.4 is 9.67 Å². The lowest BCUT2D eigenvalue weighted by atomic mass is 10.1. The molecule has 6 heteroatoms. The van der Waals surface area contributed by atoms with Crippen LogP contribution in [0.1, 0.15) is 11.1 Å². The topological polar surface area (TPSA) is 86.2 Å². The number of imidazole rings is 1. The summed E-state index contributed by atoms with van der Waals surface area (Å²) in [6, 6.07) is 21.3. The number of nitrogens with zero attached hydrogens (tertiary/aromatic N) is 2. The normalized spacial score (nSPS) is 9.93. The fraction of sp³-hybridized carbons (Fsp3) is 0.190. The summed E-state index contributed by atoms with van der Waals surface area (Å²) >= 11 is 0. The lowest BCUT2D eigenvalue weighted by Crippen LogP contribution is -2.32. The monoisotopic (exact) mass is 366 g/mol. The molecule has 1 heterocycles. The van der Waals surface area contributed by atoms with Gasteiger partial charge in [-0.1, -0.05) is 60.7 Å². The van der Waals surface area contributed by atoms with Crippen molar-refractivity contribution in [2.75, 3.05) is 0 Å². The molecule has 0 atom stereocenters. The molecule has 27 heavy (non-hydrogen) atoms. The van der Waals surface area contributed by atoms with Crippen molar-refractivity contribution >= 4 is 11.9 Å². The van der Waals surface area contributed by atoms with Crippen molar-refractivity contribution in [1.82, 2.24) is 4.57 Å². The summed E-state index contributed by atoms with van der Waals surface area (Å²) in [6.07, 6.45) is 8.68. The Morgan fingerprint density at radius 1 is 0.926 bits per heavy atom. The molecule has 3 rings (SSSR count). The van der Waals surface area contributed by atoms with Crippen molar-refractivity contribution in [2.24, 2.45) is 0 Å². The summed E-state index contributed by atoms with van der Waals surface area (Å²) in [5.41, 5.74) is 2.78. The zero-order chi connectivity index (χ0) is 19.5. The van der Waals surface area contributed by atoms with Crippen LogP contribution in [0.4, 0.5) is 0 Å². The molecule has 0 saturated carbocycles. The molecule has 0 bridgehead atoms. The Labute approximate surface area is 158 Å². The Balaban J connectivity index is 0.000000380. The number of aryl methyl sites for hydroxylation is 4. The highest BCUT2D eigenvalue weighted by molar-refractivity contribution is 6.26. The fourth-order valence-corrected chi connectivity index (χ4v) is 2.51. The number of carboxylic acids is 2. The highest BCUT2D eigenvalue weighted by Gasteiger charge is 2.04. The van der Waals surface area contributed by atoms with Crippen LogP contribution in [-0.4, -0.2) is 21.6 Å². The fourth-order valence-electron chi connectivity index (χ4n) is 2.51. The maximum Gasteiger partial charge on any atom is 0.351 e. The largest absolute Gasteiger partial charge is 0.539 e. The Bertz CT molecular complexity index is 775. The van der Waals surface area contributed by atoms with Gasteiger partial charge in [-0.2, -0.15) is 0 Å². The van der Waals surface area contributed by atoms with Crippen LogP contribution in [-0.2, 0) is 35.5 Å². The molecule has 0 amide bonds. The second-order valence-corrected chi connectivity index (χ2v) is 5.95. The summed E-state index contributed by atoms with van der Waals surface area (Å²) < 4.78 is 4.52. The van der Waals surface area contributed by atoms with E-state index < -0.39 is 11.9 Å². The van der Waals surface area contributed by atoms with Gasteiger partial charge in [0, 0.05) is 12.8 Å². The Morgan fingerprint density at radius 3 is 1.96 bits per heavy atom. The lowest BCUT2D eigenvalue weighted by molar-refractivity contribution is -0.696. The van der Waals surface area contributed by atoms with Gasteiger partial charge in [0.25, 0.3) is 0 Å². The molecule has 0 fully saturated rings. The molecule has 1 aromatic heterocycles. The number of benzene rings is 2. The molecule has 1 N–H and O–H groups in total.